The lowest BCUT2D eigenvalue weighted by atomic mass is 10.3. The monoisotopic (exact) mass is 528 g/mol. The Morgan fingerprint density at radius 3 is 2.51 bits per heavy atom. The maximum Gasteiger partial charge on any atom is 0.273 e. The van der Waals surface area contributed by atoms with Crippen LogP contribution in [-0.2, 0) is 10.5 Å². The highest BCUT2D eigenvalue weighted by atomic mass is 35.5. The van der Waals surface area contributed by atoms with Crippen LogP contribution in [0.4, 0.5) is 0 Å². The first-order chi connectivity index (χ1) is 17.0. The summed E-state index contributed by atoms with van der Waals surface area (Å²) in [4.78, 5) is 32.5. The molecular weight excluding hydrogens is 508 g/mol. The van der Waals surface area contributed by atoms with Crippen molar-refractivity contribution in [2.45, 2.75) is 17.8 Å². The third-order valence-corrected chi connectivity index (χ3v) is 7.79. The number of halogens is 1. The van der Waals surface area contributed by atoms with E-state index in [-0.39, 0.29) is 11.8 Å². The summed E-state index contributed by atoms with van der Waals surface area (Å²) in [5.74, 6) is 1.64. The van der Waals surface area contributed by atoms with Gasteiger partial charge < -0.3 is 14.2 Å². The third-order valence-electron chi connectivity index (χ3n) is 5.57. The van der Waals surface area contributed by atoms with Crippen molar-refractivity contribution in [1.82, 2.24) is 29.5 Å². The number of carbonyl (C=O) groups excluding carboxylic acids is 2. The summed E-state index contributed by atoms with van der Waals surface area (Å²) in [5.41, 5.74) is 1.28. The van der Waals surface area contributed by atoms with Gasteiger partial charge in [0.1, 0.15) is 10.7 Å². The van der Waals surface area contributed by atoms with Crippen LogP contribution >= 0.6 is 34.7 Å². The molecule has 1 aromatic carbocycles. The molecule has 12 heteroatoms. The number of hydrogen-bond acceptors (Lipinski definition) is 8. The van der Waals surface area contributed by atoms with Gasteiger partial charge in [-0.25, -0.2) is 4.98 Å². The average molecular weight is 529 g/mol. The van der Waals surface area contributed by atoms with Gasteiger partial charge in [0.2, 0.25) is 11.7 Å². The van der Waals surface area contributed by atoms with Crippen LogP contribution in [0.5, 0.6) is 0 Å². The van der Waals surface area contributed by atoms with E-state index in [0.717, 1.165) is 10.7 Å². The van der Waals surface area contributed by atoms with Gasteiger partial charge in [-0.05, 0) is 36.4 Å². The average Bonchev–Trinajstić information content (AvgIpc) is 3.63. The Morgan fingerprint density at radius 1 is 1.09 bits per heavy atom. The molecule has 1 aliphatic heterocycles. The molecule has 0 atom stereocenters. The van der Waals surface area contributed by atoms with Gasteiger partial charge >= 0.3 is 0 Å². The molecule has 0 unspecified atom stereocenters. The van der Waals surface area contributed by atoms with Crippen molar-refractivity contribution in [3.63, 3.8) is 0 Å². The van der Waals surface area contributed by atoms with Crippen LogP contribution in [0.15, 0.2) is 57.6 Å². The van der Waals surface area contributed by atoms with Gasteiger partial charge in [0.15, 0.2) is 10.9 Å². The number of rotatable bonds is 6. The molecule has 35 heavy (non-hydrogen) atoms. The highest BCUT2D eigenvalue weighted by Gasteiger charge is 2.25. The second kappa shape index (κ2) is 10.2. The van der Waals surface area contributed by atoms with Crippen molar-refractivity contribution in [2.75, 3.05) is 26.2 Å². The number of nitrogens with zero attached hydrogens (tertiary/aromatic N) is 6. The van der Waals surface area contributed by atoms with E-state index in [1.807, 2.05) is 34.9 Å². The van der Waals surface area contributed by atoms with E-state index in [1.165, 1.54) is 23.1 Å². The number of furan rings is 1. The molecule has 2 amide bonds. The topological polar surface area (TPSA) is 97.4 Å². The predicted molar refractivity (Wildman–Crippen MR) is 134 cm³/mol. The fraction of sp³-hybridized carbons (Fsp3) is 0.261. The Balaban J connectivity index is 1.30. The second-order valence-electron chi connectivity index (χ2n) is 7.81. The third kappa shape index (κ3) is 5.12. The molecule has 1 fully saturated rings. The van der Waals surface area contributed by atoms with Crippen molar-refractivity contribution >= 4 is 46.5 Å². The summed E-state index contributed by atoms with van der Waals surface area (Å²) < 4.78 is 7.47. The van der Waals surface area contributed by atoms with Crippen LogP contribution in [0.25, 0.3) is 17.3 Å². The number of hydrogen-bond donors (Lipinski definition) is 0. The highest BCUT2D eigenvalue weighted by molar-refractivity contribution is 7.98. The zero-order chi connectivity index (χ0) is 24.4. The summed E-state index contributed by atoms with van der Waals surface area (Å²) in [6, 6.07) is 11.1. The number of thiazole rings is 1. The molecule has 0 saturated carbocycles. The zero-order valence-electron chi connectivity index (χ0n) is 18.8. The number of piperazine rings is 1. The summed E-state index contributed by atoms with van der Waals surface area (Å²) >= 11 is 8.99. The highest BCUT2D eigenvalue weighted by Crippen LogP contribution is 2.31. The van der Waals surface area contributed by atoms with Gasteiger partial charge in [-0.2, -0.15) is 0 Å². The molecule has 0 spiro atoms. The summed E-state index contributed by atoms with van der Waals surface area (Å²) in [5, 5.41) is 12.6. The van der Waals surface area contributed by atoms with Gasteiger partial charge in [-0.1, -0.05) is 23.4 Å². The van der Waals surface area contributed by atoms with Gasteiger partial charge in [0.25, 0.3) is 5.91 Å². The zero-order valence-corrected chi connectivity index (χ0v) is 21.1. The molecule has 3 aromatic heterocycles. The quantitative estimate of drug-likeness (QED) is 0.345. The molecule has 180 valence electrons. The van der Waals surface area contributed by atoms with E-state index in [1.54, 1.807) is 34.4 Å². The molecule has 0 radical (unpaired) electrons. The van der Waals surface area contributed by atoms with E-state index in [4.69, 9.17) is 16.0 Å². The minimum atomic E-state index is -0.106. The fourth-order valence-corrected chi connectivity index (χ4v) is 5.60. The first-order valence-electron chi connectivity index (χ1n) is 10.9. The Hall–Kier alpha value is -3.15. The lowest BCUT2D eigenvalue weighted by molar-refractivity contribution is -0.130. The largest absolute Gasteiger partial charge is 0.461 e. The van der Waals surface area contributed by atoms with Crippen LogP contribution in [0.1, 0.15) is 22.4 Å². The van der Waals surface area contributed by atoms with E-state index in [9.17, 15) is 9.59 Å². The number of amides is 2. The van der Waals surface area contributed by atoms with E-state index in [2.05, 4.69) is 15.2 Å². The molecule has 9 nitrogen and oxygen atoms in total. The Labute approximate surface area is 214 Å². The van der Waals surface area contributed by atoms with Crippen LogP contribution in [0.2, 0.25) is 5.02 Å². The molecule has 5 rings (SSSR count). The summed E-state index contributed by atoms with van der Waals surface area (Å²) in [6.07, 6.45) is 1.59. The molecule has 0 N–H and O–H groups in total. The fourth-order valence-electron chi connectivity index (χ4n) is 3.74. The normalized spacial score (nSPS) is 13.9. The minimum absolute atomic E-state index is 0.0340. The molecule has 1 saturated heterocycles. The Kier molecular flexibility index (Phi) is 6.89. The van der Waals surface area contributed by atoms with Crippen molar-refractivity contribution in [2.24, 2.45) is 0 Å². The van der Waals surface area contributed by atoms with Crippen LogP contribution in [-0.4, -0.2) is 67.5 Å². The number of aromatic nitrogens is 4. The molecular formula is C23H21ClN6O3S2. The molecule has 0 aliphatic carbocycles. The van der Waals surface area contributed by atoms with Crippen LogP contribution in [0, 0.1) is 0 Å². The number of thioether (sulfide) groups is 1. The maximum atomic E-state index is 12.9. The van der Waals surface area contributed by atoms with Crippen LogP contribution in [0.3, 0.4) is 0 Å². The van der Waals surface area contributed by atoms with Crippen molar-refractivity contribution < 1.29 is 14.0 Å². The lowest BCUT2D eigenvalue weighted by Crippen LogP contribution is -2.50. The summed E-state index contributed by atoms with van der Waals surface area (Å²) in [6.45, 7) is 3.67. The molecule has 1 aliphatic rings. The van der Waals surface area contributed by atoms with Gasteiger partial charge in [-0.3, -0.25) is 14.2 Å². The Bertz CT molecular complexity index is 1330. The number of carbonyl (C=O) groups is 2. The lowest BCUT2D eigenvalue weighted by Gasteiger charge is -2.33. The van der Waals surface area contributed by atoms with Crippen LogP contribution < -0.4 is 0 Å². The minimum Gasteiger partial charge on any atom is -0.461 e. The molecule has 4 aromatic rings. The molecule has 0 bridgehead atoms. The van der Waals surface area contributed by atoms with E-state index < -0.39 is 0 Å². The number of benzene rings is 1. The first-order valence-corrected chi connectivity index (χ1v) is 13.1. The van der Waals surface area contributed by atoms with Gasteiger partial charge in [0.05, 0.1) is 12.0 Å². The van der Waals surface area contributed by atoms with Gasteiger partial charge in [-0.15, -0.1) is 21.5 Å². The van der Waals surface area contributed by atoms with Crippen molar-refractivity contribution in [3.05, 3.63) is 63.8 Å². The Morgan fingerprint density at radius 2 is 1.83 bits per heavy atom. The predicted octanol–water partition coefficient (Wildman–Crippen LogP) is 4.23. The SMILES string of the molecule is CC(=O)N1CCN(C(=O)c2csc(CSc3nnc(-c4ccco4)n3-c3ccc(Cl)cc3)n2)CC1. The van der Waals surface area contributed by atoms with Crippen molar-refractivity contribution in [1.29, 1.82) is 0 Å². The van der Waals surface area contributed by atoms with Gasteiger partial charge in [0, 0.05) is 49.2 Å². The smallest absolute Gasteiger partial charge is 0.273 e. The van der Waals surface area contributed by atoms with Crippen molar-refractivity contribution in [3.8, 4) is 17.3 Å². The van der Waals surface area contributed by atoms with E-state index >= 15 is 0 Å². The second-order valence-corrected chi connectivity index (χ2v) is 10.1. The summed E-state index contributed by atoms with van der Waals surface area (Å²) in [7, 11) is 0. The maximum absolute atomic E-state index is 12.9. The van der Waals surface area contributed by atoms with E-state index in [0.29, 0.717) is 59.4 Å². The standard InChI is InChI=1S/C23H21ClN6O3S2/c1-15(31)28-8-10-29(11-9-28)22(32)18-13-34-20(25-18)14-35-23-27-26-21(19-3-2-12-33-19)30(23)17-6-4-16(24)5-7-17/h2-7,12-13H,8-11,14H2,1H3. The molecule has 4 heterocycles. The first kappa shape index (κ1) is 23.6.